The van der Waals surface area contributed by atoms with Gasteiger partial charge in [0.2, 0.25) is 0 Å². The highest BCUT2D eigenvalue weighted by Gasteiger charge is 2.33. The Morgan fingerprint density at radius 3 is 2.71 bits per heavy atom. The van der Waals surface area contributed by atoms with E-state index in [1.54, 1.807) is 16.8 Å². The summed E-state index contributed by atoms with van der Waals surface area (Å²) in [5.74, 6) is -0.805. The summed E-state index contributed by atoms with van der Waals surface area (Å²) in [5.41, 5.74) is 0. The summed E-state index contributed by atoms with van der Waals surface area (Å²) in [5, 5.41) is 8.53. The molecule has 0 bridgehead atoms. The Balaban J connectivity index is 2.48. The highest BCUT2D eigenvalue weighted by molar-refractivity contribution is 5.77. The van der Waals surface area contributed by atoms with Crippen LogP contribution in [0.3, 0.4) is 0 Å². The van der Waals surface area contributed by atoms with Crippen LogP contribution in [0.5, 0.6) is 0 Å². The van der Waals surface area contributed by atoms with Crippen molar-refractivity contribution in [3.05, 3.63) is 0 Å². The molecule has 0 aliphatic carbocycles. The van der Waals surface area contributed by atoms with E-state index < -0.39 is 5.97 Å². The fourth-order valence-electron chi connectivity index (χ4n) is 1.67. The SMILES string of the molecule is CCN1CC(CCC(=O)O)N(C)C1=O. The first-order valence-corrected chi connectivity index (χ1v) is 4.79. The van der Waals surface area contributed by atoms with E-state index in [9.17, 15) is 9.59 Å². The molecule has 1 unspecified atom stereocenters. The van der Waals surface area contributed by atoms with Gasteiger partial charge in [-0.05, 0) is 13.3 Å². The number of carboxylic acids is 1. The number of amides is 2. The van der Waals surface area contributed by atoms with E-state index in [-0.39, 0.29) is 18.5 Å². The van der Waals surface area contributed by atoms with Gasteiger partial charge in [0.15, 0.2) is 0 Å². The van der Waals surface area contributed by atoms with Gasteiger partial charge in [0.25, 0.3) is 0 Å². The van der Waals surface area contributed by atoms with Crippen molar-refractivity contribution in [1.29, 1.82) is 0 Å². The molecule has 1 aliphatic heterocycles. The smallest absolute Gasteiger partial charge is 0.320 e. The zero-order valence-corrected chi connectivity index (χ0v) is 8.56. The number of hydrogen-bond donors (Lipinski definition) is 1. The first-order chi connectivity index (χ1) is 6.56. The van der Waals surface area contributed by atoms with Crippen LogP contribution in [0.4, 0.5) is 4.79 Å². The van der Waals surface area contributed by atoms with Gasteiger partial charge in [-0.2, -0.15) is 0 Å². The number of likely N-dealkylation sites (N-methyl/N-ethyl adjacent to an activating group) is 2. The van der Waals surface area contributed by atoms with Crippen molar-refractivity contribution in [3.63, 3.8) is 0 Å². The maximum atomic E-state index is 11.5. The molecule has 14 heavy (non-hydrogen) atoms. The first kappa shape index (κ1) is 10.8. The van der Waals surface area contributed by atoms with Gasteiger partial charge in [0, 0.05) is 26.6 Å². The molecule has 0 aromatic rings. The van der Waals surface area contributed by atoms with Crippen molar-refractivity contribution >= 4 is 12.0 Å². The molecule has 1 rings (SSSR count). The lowest BCUT2D eigenvalue weighted by atomic mass is 10.1. The lowest BCUT2D eigenvalue weighted by Gasteiger charge is -2.16. The van der Waals surface area contributed by atoms with Crippen molar-refractivity contribution in [2.75, 3.05) is 20.1 Å². The Bertz CT molecular complexity index is 242. The summed E-state index contributed by atoms with van der Waals surface area (Å²) in [4.78, 5) is 25.2. The molecule has 1 saturated heterocycles. The van der Waals surface area contributed by atoms with Crippen LogP contribution in [0.1, 0.15) is 19.8 Å². The van der Waals surface area contributed by atoms with Gasteiger partial charge < -0.3 is 14.9 Å². The fraction of sp³-hybridized carbons (Fsp3) is 0.778. The number of rotatable bonds is 4. The first-order valence-electron chi connectivity index (χ1n) is 4.79. The summed E-state index contributed by atoms with van der Waals surface area (Å²) in [6, 6.07) is 0.0569. The standard InChI is InChI=1S/C9H16N2O3/c1-3-11-6-7(4-5-8(12)13)10(2)9(11)14/h7H,3-6H2,1-2H3,(H,12,13). The van der Waals surface area contributed by atoms with Crippen LogP contribution in [0, 0.1) is 0 Å². The van der Waals surface area contributed by atoms with Crippen molar-refractivity contribution < 1.29 is 14.7 Å². The zero-order valence-electron chi connectivity index (χ0n) is 8.56. The summed E-state index contributed by atoms with van der Waals surface area (Å²) in [7, 11) is 1.73. The third-order valence-corrected chi connectivity index (χ3v) is 2.62. The van der Waals surface area contributed by atoms with Gasteiger partial charge in [-0.15, -0.1) is 0 Å². The molecule has 0 spiro atoms. The van der Waals surface area contributed by atoms with E-state index >= 15 is 0 Å². The van der Waals surface area contributed by atoms with Gasteiger partial charge in [0.1, 0.15) is 0 Å². The monoisotopic (exact) mass is 200 g/mol. The quantitative estimate of drug-likeness (QED) is 0.723. The van der Waals surface area contributed by atoms with Crippen LogP contribution in [0.25, 0.3) is 0 Å². The molecule has 5 nitrogen and oxygen atoms in total. The molecule has 0 aromatic heterocycles. The second kappa shape index (κ2) is 4.30. The maximum absolute atomic E-state index is 11.5. The molecule has 1 fully saturated rings. The largest absolute Gasteiger partial charge is 0.481 e. The fourth-order valence-corrected chi connectivity index (χ4v) is 1.67. The van der Waals surface area contributed by atoms with Crippen LogP contribution >= 0.6 is 0 Å². The van der Waals surface area contributed by atoms with Crippen LogP contribution in [-0.2, 0) is 4.79 Å². The summed E-state index contributed by atoms with van der Waals surface area (Å²) in [6.07, 6.45) is 0.661. The van der Waals surface area contributed by atoms with E-state index in [1.165, 1.54) is 0 Å². The number of nitrogens with zero attached hydrogens (tertiary/aromatic N) is 2. The second-order valence-corrected chi connectivity index (χ2v) is 3.52. The minimum absolute atomic E-state index is 0.00267. The number of carboxylic acid groups (broad SMARTS) is 1. The lowest BCUT2D eigenvalue weighted by Crippen LogP contribution is -2.31. The molecule has 0 saturated carbocycles. The van der Waals surface area contributed by atoms with Crippen LogP contribution in [0.2, 0.25) is 0 Å². The van der Waals surface area contributed by atoms with Gasteiger partial charge >= 0.3 is 12.0 Å². The summed E-state index contributed by atoms with van der Waals surface area (Å²) < 4.78 is 0. The highest BCUT2D eigenvalue weighted by Crippen LogP contribution is 2.17. The van der Waals surface area contributed by atoms with Gasteiger partial charge in [-0.1, -0.05) is 0 Å². The number of carbonyl (C=O) groups excluding carboxylic acids is 1. The third kappa shape index (κ3) is 2.16. The molecule has 1 aliphatic rings. The summed E-state index contributed by atoms with van der Waals surface area (Å²) in [6.45, 7) is 3.26. The number of carbonyl (C=O) groups is 2. The molecule has 2 amide bonds. The second-order valence-electron chi connectivity index (χ2n) is 3.52. The molecule has 1 heterocycles. The van der Waals surface area contributed by atoms with Crippen LogP contribution in [-0.4, -0.2) is 53.1 Å². The molecule has 80 valence electrons. The average Bonchev–Trinajstić information content (AvgIpc) is 2.41. The summed E-state index contributed by atoms with van der Waals surface area (Å²) >= 11 is 0. The topological polar surface area (TPSA) is 60.9 Å². The van der Waals surface area contributed by atoms with Crippen molar-refractivity contribution in [1.82, 2.24) is 9.80 Å². The Labute approximate surface area is 83.3 Å². The van der Waals surface area contributed by atoms with E-state index in [0.29, 0.717) is 19.5 Å². The van der Waals surface area contributed by atoms with E-state index in [4.69, 9.17) is 5.11 Å². The number of hydrogen-bond acceptors (Lipinski definition) is 2. The maximum Gasteiger partial charge on any atom is 0.320 e. The molecule has 5 heteroatoms. The number of urea groups is 1. The predicted molar refractivity (Wildman–Crippen MR) is 51.1 cm³/mol. The molecule has 0 radical (unpaired) electrons. The van der Waals surface area contributed by atoms with Gasteiger partial charge in [-0.25, -0.2) is 4.79 Å². The molecular weight excluding hydrogens is 184 g/mol. The minimum Gasteiger partial charge on any atom is -0.481 e. The average molecular weight is 200 g/mol. The van der Waals surface area contributed by atoms with Gasteiger partial charge in [0.05, 0.1) is 6.04 Å². The lowest BCUT2D eigenvalue weighted by molar-refractivity contribution is -0.137. The predicted octanol–water partition coefficient (Wildman–Crippen LogP) is 0.607. The minimum atomic E-state index is -0.805. The molecular formula is C9H16N2O3. The Kier molecular flexibility index (Phi) is 3.33. The zero-order chi connectivity index (χ0) is 10.7. The van der Waals surface area contributed by atoms with Crippen molar-refractivity contribution in [3.8, 4) is 0 Å². The van der Waals surface area contributed by atoms with E-state index in [1.807, 2.05) is 6.92 Å². The van der Waals surface area contributed by atoms with E-state index in [0.717, 1.165) is 0 Å². The molecule has 0 aromatic carbocycles. The highest BCUT2D eigenvalue weighted by atomic mass is 16.4. The van der Waals surface area contributed by atoms with Crippen LogP contribution < -0.4 is 0 Å². The van der Waals surface area contributed by atoms with Gasteiger partial charge in [-0.3, -0.25) is 4.79 Å². The Hall–Kier alpha value is -1.26. The Morgan fingerprint density at radius 1 is 1.64 bits per heavy atom. The third-order valence-electron chi connectivity index (χ3n) is 2.62. The van der Waals surface area contributed by atoms with Crippen molar-refractivity contribution in [2.24, 2.45) is 0 Å². The van der Waals surface area contributed by atoms with Crippen molar-refractivity contribution in [2.45, 2.75) is 25.8 Å². The Morgan fingerprint density at radius 2 is 2.29 bits per heavy atom. The normalized spacial score (nSPS) is 21.9. The van der Waals surface area contributed by atoms with Crippen LogP contribution in [0.15, 0.2) is 0 Å². The molecule has 1 atom stereocenters. The molecule has 1 N–H and O–H groups in total. The van der Waals surface area contributed by atoms with E-state index in [2.05, 4.69) is 0 Å². The number of aliphatic carboxylic acids is 1.